The molecule has 0 spiro atoms. The van der Waals surface area contributed by atoms with Gasteiger partial charge >= 0.3 is 0 Å². The molecule has 0 aromatic heterocycles. The van der Waals surface area contributed by atoms with E-state index in [2.05, 4.69) is 52.1 Å². The third-order valence-electron chi connectivity index (χ3n) is 3.57. The molecule has 1 rings (SSSR count). The van der Waals surface area contributed by atoms with E-state index in [-0.39, 0.29) is 5.41 Å². The van der Waals surface area contributed by atoms with Crippen LogP contribution in [0.3, 0.4) is 0 Å². The number of nitrogens with one attached hydrogen (secondary N) is 1. The Morgan fingerprint density at radius 1 is 1.05 bits per heavy atom. The zero-order chi connectivity index (χ0) is 15.7. The fraction of sp³-hybridized carbons (Fsp3) is 0.667. The second-order valence-electron chi connectivity index (χ2n) is 6.50. The summed E-state index contributed by atoms with van der Waals surface area (Å²) in [4.78, 5) is 0. The summed E-state index contributed by atoms with van der Waals surface area (Å²) in [6.45, 7) is 13.9. The molecule has 0 aliphatic heterocycles. The topological polar surface area (TPSA) is 30.5 Å². The molecule has 3 heteroatoms. The maximum Gasteiger partial charge on any atom is 0.119 e. The SMILES string of the molecule is CCC(C)NCCOCCOc1ccc(C(C)(C)C)cc1. The Bertz CT molecular complexity index is 381. The minimum atomic E-state index is 0.185. The Morgan fingerprint density at radius 3 is 2.29 bits per heavy atom. The van der Waals surface area contributed by atoms with Gasteiger partial charge in [0.15, 0.2) is 0 Å². The molecule has 0 saturated heterocycles. The van der Waals surface area contributed by atoms with Crippen LogP contribution >= 0.6 is 0 Å². The van der Waals surface area contributed by atoms with Crippen LogP contribution in [0.15, 0.2) is 24.3 Å². The van der Waals surface area contributed by atoms with Gasteiger partial charge in [-0.05, 0) is 36.5 Å². The van der Waals surface area contributed by atoms with Crippen molar-refractivity contribution in [3.63, 3.8) is 0 Å². The standard InChI is InChI=1S/C18H31NO2/c1-6-15(2)19-11-12-20-13-14-21-17-9-7-16(8-10-17)18(3,4)5/h7-10,15,19H,6,11-14H2,1-5H3. The van der Waals surface area contributed by atoms with Crippen molar-refractivity contribution in [2.45, 2.75) is 52.5 Å². The highest BCUT2D eigenvalue weighted by Gasteiger charge is 2.12. The zero-order valence-electron chi connectivity index (χ0n) is 14.2. The molecule has 21 heavy (non-hydrogen) atoms. The van der Waals surface area contributed by atoms with Gasteiger partial charge in [0.25, 0.3) is 0 Å². The minimum absolute atomic E-state index is 0.185. The molecule has 0 aliphatic rings. The first-order valence-electron chi connectivity index (χ1n) is 7.98. The van der Waals surface area contributed by atoms with Gasteiger partial charge in [-0.1, -0.05) is 39.8 Å². The van der Waals surface area contributed by atoms with Gasteiger partial charge < -0.3 is 14.8 Å². The maximum atomic E-state index is 5.68. The number of hydrogen-bond donors (Lipinski definition) is 1. The summed E-state index contributed by atoms with van der Waals surface area (Å²) in [6.07, 6.45) is 1.15. The van der Waals surface area contributed by atoms with Gasteiger partial charge in [-0.15, -0.1) is 0 Å². The summed E-state index contributed by atoms with van der Waals surface area (Å²) in [6, 6.07) is 8.89. The molecular weight excluding hydrogens is 262 g/mol. The Labute approximate surface area is 130 Å². The molecular formula is C18H31NO2. The molecule has 0 radical (unpaired) electrons. The minimum Gasteiger partial charge on any atom is -0.491 e. The van der Waals surface area contributed by atoms with Gasteiger partial charge in [0.2, 0.25) is 0 Å². The van der Waals surface area contributed by atoms with E-state index in [1.54, 1.807) is 0 Å². The zero-order valence-corrected chi connectivity index (χ0v) is 14.2. The van der Waals surface area contributed by atoms with Crippen molar-refractivity contribution in [2.75, 3.05) is 26.4 Å². The van der Waals surface area contributed by atoms with Gasteiger partial charge in [-0.3, -0.25) is 0 Å². The first-order valence-corrected chi connectivity index (χ1v) is 7.98. The lowest BCUT2D eigenvalue weighted by Crippen LogP contribution is -2.29. The van der Waals surface area contributed by atoms with Crippen LogP contribution in [-0.2, 0) is 10.2 Å². The van der Waals surface area contributed by atoms with Crippen molar-refractivity contribution in [1.29, 1.82) is 0 Å². The van der Waals surface area contributed by atoms with Crippen LogP contribution in [-0.4, -0.2) is 32.4 Å². The van der Waals surface area contributed by atoms with Crippen LogP contribution in [0.2, 0.25) is 0 Å². The molecule has 1 atom stereocenters. The van der Waals surface area contributed by atoms with Crippen LogP contribution in [0.4, 0.5) is 0 Å². The first kappa shape index (κ1) is 18.0. The van der Waals surface area contributed by atoms with E-state index in [9.17, 15) is 0 Å². The fourth-order valence-corrected chi connectivity index (χ4v) is 1.89. The first-order chi connectivity index (χ1) is 9.93. The normalized spacial score (nSPS) is 13.2. The van der Waals surface area contributed by atoms with Crippen molar-refractivity contribution < 1.29 is 9.47 Å². The lowest BCUT2D eigenvalue weighted by atomic mass is 9.87. The van der Waals surface area contributed by atoms with Crippen molar-refractivity contribution in [3.05, 3.63) is 29.8 Å². The summed E-state index contributed by atoms with van der Waals surface area (Å²) < 4.78 is 11.2. The summed E-state index contributed by atoms with van der Waals surface area (Å²) in [5, 5.41) is 3.40. The predicted molar refractivity (Wildman–Crippen MR) is 89.2 cm³/mol. The number of benzene rings is 1. The molecule has 1 unspecified atom stereocenters. The number of hydrogen-bond acceptors (Lipinski definition) is 3. The van der Waals surface area contributed by atoms with E-state index in [0.717, 1.165) is 25.3 Å². The fourth-order valence-electron chi connectivity index (χ4n) is 1.89. The van der Waals surface area contributed by atoms with Crippen molar-refractivity contribution in [3.8, 4) is 5.75 Å². The summed E-state index contributed by atoms with van der Waals surface area (Å²) >= 11 is 0. The molecule has 0 bridgehead atoms. The Hall–Kier alpha value is -1.06. The van der Waals surface area contributed by atoms with Crippen LogP contribution in [0.25, 0.3) is 0 Å². The van der Waals surface area contributed by atoms with E-state index < -0.39 is 0 Å². The molecule has 0 aliphatic carbocycles. The molecule has 1 aromatic carbocycles. The Balaban J connectivity index is 2.13. The van der Waals surface area contributed by atoms with Gasteiger partial charge in [-0.2, -0.15) is 0 Å². The molecule has 0 fully saturated rings. The molecule has 3 nitrogen and oxygen atoms in total. The van der Waals surface area contributed by atoms with Crippen molar-refractivity contribution in [2.24, 2.45) is 0 Å². The predicted octanol–water partition coefficient (Wildman–Crippen LogP) is 3.77. The summed E-state index contributed by atoms with van der Waals surface area (Å²) in [5.74, 6) is 0.907. The van der Waals surface area contributed by atoms with E-state index in [1.165, 1.54) is 5.56 Å². The second kappa shape index (κ2) is 9.06. The van der Waals surface area contributed by atoms with Crippen molar-refractivity contribution in [1.82, 2.24) is 5.32 Å². The average Bonchev–Trinajstić information content (AvgIpc) is 2.45. The Morgan fingerprint density at radius 2 is 1.71 bits per heavy atom. The molecule has 0 heterocycles. The van der Waals surface area contributed by atoms with Gasteiger partial charge in [0.1, 0.15) is 12.4 Å². The quantitative estimate of drug-likeness (QED) is 0.703. The van der Waals surface area contributed by atoms with E-state index in [1.807, 2.05) is 12.1 Å². The van der Waals surface area contributed by atoms with Gasteiger partial charge in [-0.25, -0.2) is 0 Å². The highest BCUT2D eigenvalue weighted by Crippen LogP contribution is 2.24. The largest absolute Gasteiger partial charge is 0.491 e. The number of ether oxygens (including phenoxy) is 2. The van der Waals surface area contributed by atoms with E-state index in [0.29, 0.717) is 19.3 Å². The van der Waals surface area contributed by atoms with Gasteiger partial charge in [0.05, 0.1) is 13.2 Å². The van der Waals surface area contributed by atoms with Gasteiger partial charge in [0, 0.05) is 12.6 Å². The average molecular weight is 293 g/mol. The van der Waals surface area contributed by atoms with E-state index >= 15 is 0 Å². The molecule has 1 aromatic rings. The summed E-state index contributed by atoms with van der Waals surface area (Å²) in [5.41, 5.74) is 1.51. The Kier molecular flexibility index (Phi) is 7.76. The van der Waals surface area contributed by atoms with Crippen molar-refractivity contribution >= 4 is 0 Å². The maximum absolute atomic E-state index is 5.68. The van der Waals surface area contributed by atoms with Crippen LogP contribution in [0.1, 0.15) is 46.6 Å². The lowest BCUT2D eigenvalue weighted by molar-refractivity contribution is 0.100. The molecule has 0 saturated carbocycles. The monoisotopic (exact) mass is 293 g/mol. The summed E-state index contributed by atoms with van der Waals surface area (Å²) in [7, 11) is 0. The highest BCUT2D eigenvalue weighted by atomic mass is 16.5. The second-order valence-corrected chi connectivity index (χ2v) is 6.50. The molecule has 1 N–H and O–H groups in total. The van der Waals surface area contributed by atoms with E-state index in [4.69, 9.17) is 9.47 Å². The number of rotatable bonds is 9. The third kappa shape index (κ3) is 7.49. The van der Waals surface area contributed by atoms with Crippen LogP contribution in [0, 0.1) is 0 Å². The third-order valence-corrected chi connectivity index (χ3v) is 3.57. The molecule has 120 valence electrons. The van der Waals surface area contributed by atoms with Crippen LogP contribution < -0.4 is 10.1 Å². The molecule has 0 amide bonds. The lowest BCUT2D eigenvalue weighted by Gasteiger charge is -2.19. The van der Waals surface area contributed by atoms with Crippen LogP contribution in [0.5, 0.6) is 5.75 Å². The smallest absolute Gasteiger partial charge is 0.119 e. The highest BCUT2D eigenvalue weighted by molar-refractivity contribution is 5.31.